The van der Waals surface area contributed by atoms with Gasteiger partial charge in [0.1, 0.15) is 23.8 Å². The fourth-order valence-electron chi connectivity index (χ4n) is 3.72. The van der Waals surface area contributed by atoms with Crippen LogP contribution in [-0.4, -0.2) is 21.1 Å². The number of ether oxygens (including phenoxy) is 2. The molecule has 7 heteroatoms. The number of benzene rings is 1. The van der Waals surface area contributed by atoms with E-state index in [0.29, 0.717) is 18.3 Å². The maximum Gasteiger partial charge on any atom is 0.258 e. The van der Waals surface area contributed by atoms with Crippen LogP contribution in [0.2, 0.25) is 0 Å². The normalized spacial score (nSPS) is 13.6. The van der Waals surface area contributed by atoms with Gasteiger partial charge in [0.05, 0.1) is 23.7 Å². The summed E-state index contributed by atoms with van der Waals surface area (Å²) in [5.74, 6) is 0.679. The average Bonchev–Trinajstić information content (AvgIpc) is 3.56. The van der Waals surface area contributed by atoms with Crippen LogP contribution in [0, 0.1) is 5.82 Å². The van der Waals surface area contributed by atoms with Gasteiger partial charge in [-0.3, -0.25) is 13.8 Å². The molecule has 1 saturated carbocycles. The van der Waals surface area contributed by atoms with Gasteiger partial charge in [0.2, 0.25) is 0 Å². The van der Waals surface area contributed by atoms with Crippen molar-refractivity contribution in [2.45, 2.75) is 32.0 Å². The van der Waals surface area contributed by atoms with Gasteiger partial charge in [0, 0.05) is 31.5 Å². The van der Waals surface area contributed by atoms with Crippen LogP contribution in [-0.2, 0) is 18.0 Å². The van der Waals surface area contributed by atoms with E-state index >= 15 is 0 Å². The van der Waals surface area contributed by atoms with E-state index in [9.17, 15) is 9.18 Å². The number of aromatic nitrogens is 3. The zero-order valence-corrected chi connectivity index (χ0v) is 17.1. The molecule has 31 heavy (non-hydrogen) atoms. The summed E-state index contributed by atoms with van der Waals surface area (Å²) in [6.45, 7) is 0.733. The second-order valence-electron chi connectivity index (χ2n) is 7.75. The molecule has 1 aliphatic rings. The van der Waals surface area contributed by atoms with Crippen molar-refractivity contribution in [1.29, 1.82) is 0 Å². The Balaban J connectivity index is 1.42. The Hall–Kier alpha value is -3.45. The third-order valence-electron chi connectivity index (χ3n) is 5.47. The number of nitrogens with zero attached hydrogens (tertiary/aromatic N) is 3. The minimum Gasteiger partial charge on any atom is -0.489 e. The van der Waals surface area contributed by atoms with Crippen LogP contribution in [0.5, 0.6) is 5.75 Å². The van der Waals surface area contributed by atoms with Crippen LogP contribution in [0.25, 0.3) is 11.3 Å². The molecule has 0 unspecified atom stereocenters. The minimum absolute atomic E-state index is 0.202. The molecule has 0 saturated heterocycles. The highest BCUT2D eigenvalue weighted by molar-refractivity contribution is 5.49. The fourth-order valence-corrected chi connectivity index (χ4v) is 3.72. The number of rotatable bonds is 7. The van der Waals surface area contributed by atoms with Gasteiger partial charge in [0.15, 0.2) is 0 Å². The lowest BCUT2D eigenvalue weighted by atomic mass is 10.2. The highest BCUT2D eigenvalue weighted by Gasteiger charge is 2.30. The van der Waals surface area contributed by atoms with E-state index in [4.69, 9.17) is 14.5 Å². The maximum absolute atomic E-state index is 13.0. The lowest BCUT2D eigenvalue weighted by Gasteiger charge is -2.10. The molecule has 0 atom stereocenters. The Kier molecular flexibility index (Phi) is 5.03. The van der Waals surface area contributed by atoms with Crippen LogP contribution >= 0.6 is 0 Å². The molecule has 0 radical (unpaired) electrons. The van der Waals surface area contributed by atoms with Crippen LogP contribution in [0.1, 0.15) is 35.7 Å². The molecule has 1 fully saturated rings. The number of hydrogen-bond donors (Lipinski definition) is 0. The predicted octanol–water partition coefficient (Wildman–Crippen LogP) is 4.23. The summed E-state index contributed by atoms with van der Waals surface area (Å²) in [6, 6.07) is 13.1. The van der Waals surface area contributed by atoms with Crippen molar-refractivity contribution in [2.24, 2.45) is 0 Å². The van der Waals surface area contributed by atoms with Crippen LogP contribution in [0.3, 0.4) is 0 Å². The average molecular weight is 419 g/mol. The predicted molar refractivity (Wildman–Crippen MR) is 114 cm³/mol. The van der Waals surface area contributed by atoms with E-state index in [0.717, 1.165) is 41.1 Å². The van der Waals surface area contributed by atoms with E-state index < -0.39 is 0 Å². The van der Waals surface area contributed by atoms with Crippen molar-refractivity contribution in [3.63, 3.8) is 0 Å². The van der Waals surface area contributed by atoms with Gasteiger partial charge in [-0.2, -0.15) is 0 Å². The van der Waals surface area contributed by atoms with Crippen molar-refractivity contribution >= 4 is 5.65 Å². The van der Waals surface area contributed by atoms with Crippen molar-refractivity contribution in [1.82, 2.24) is 14.0 Å². The Morgan fingerprint density at radius 2 is 1.90 bits per heavy atom. The summed E-state index contributed by atoms with van der Waals surface area (Å²) in [7, 11) is 1.68. The van der Waals surface area contributed by atoms with Crippen molar-refractivity contribution in [2.75, 3.05) is 7.11 Å². The first-order valence-corrected chi connectivity index (χ1v) is 10.2. The number of fused-ring (bicyclic) bond motifs is 1. The molecule has 0 N–H and O–H groups in total. The van der Waals surface area contributed by atoms with Gasteiger partial charge >= 0.3 is 0 Å². The summed E-state index contributed by atoms with van der Waals surface area (Å²) in [5.41, 5.74) is 4.34. The molecular formula is C24H22FN3O3. The molecular weight excluding hydrogens is 397 g/mol. The number of hydrogen-bond acceptors (Lipinski definition) is 4. The molecule has 1 aliphatic carbocycles. The second kappa shape index (κ2) is 8.00. The molecule has 0 spiro atoms. The number of halogens is 1. The van der Waals surface area contributed by atoms with Gasteiger partial charge in [-0.25, -0.2) is 9.37 Å². The zero-order chi connectivity index (χ0) is 21.4. The van der Waals surface area contributed by atoms with Crippen LogP contribution in [0.15, 0.2) is 65.7 Å². The van der Waals surface area contributed by atoms with Gasteiger partial charge in [-0.1, -0.05) is 12.1 Å². The lowest BCUT2D eigenvalue weighted by molar-refractivity contribution is 0.180. The molecule has 3 aromatic heterocycles. The Bertz CT molecular complexity index is 1290. The first-order chi connectivity index (χ1) is 15.1. The van der Waals surface area contributed by atoms with E-state index in [1.54, 1.807) is 36.1 Å². The first-order valence-electron chi connectivity index (χ1n) is 10.2. The topological polar surface area (TPSA) is 57.8 Å². The van der Waals surface area contributed by atoms with Crippen molar-refractivity contribution in [3.05, 3.63) is 94.0 Å². The summed E-state index contributed by atoms with van der Waals surface area (Å²) in [4.78, 5) is 17.5. The zero-order valence-electron chi connectivity index (χ0n) is 17.1. The quantitative estimate of drug-likeness (QED) is 0.450. The highest BCUT2D eigenvalue weighted by atomic mass is 19.1. The molecule has 5 rings (SSSR count). The van der Waals surface area contributed by atoms with Crippen LogP contribution < -0.4 is 10.3 Å². The largest absolute Gasteiger partial charge is 0.489 e. The lowest BCUT2D eigenvalue weighted by Crippen LogP contribution is -2.17. The van der Waals surface area contributed by atoms with Crippen LogP contribution in [0.4, 0.5) is 4.39 Å². The first kappa shape index (κ1) is 19.5. The van der Waals surface area contributed by atoms with E-state index in [1.807, 2.05) is 22.7 Å². The number of pyridine rings is 2. The molecule has 158 valence electrons. The summed E-state index contributed by atoms with van der Waals surface area (Å²) < 4.78 is 27.7. The smallest absolute Gasteiger partial charge is 0.258 e. The molecule has 3 heterocycles. The Morgan fingerprint density at radius 1 is 1.10 bits per heavy atom. The Morgan fingerprint density at radius 3 is 2.61 bits per heavy atom. The number of imidazole rings is 1. The third-order valence-corrected chi connectivity index (χ3v) is 5.47. The highest BCUT2D eigenvalue weighted by Crippen LogP contribution is 2.41. The SMILES string of the molecule is COCc1c(C2CC2)nc2ccc(-n3ccc(OCc4ccc(F)cc4)cc3=O)cn12. The molecule has 6 nitrogen and oxygen atoms in total. The third kappa shape index (κ3) is 3.96. The maximum atomic E-state index is 13.0. The summed E-state index contributed by atoms with van der Waals surface area (Å²) >= 11 is 0. The Labute approximate surface area is 178 Å². The molecule has 0 aliphatic heterocycles. The van der Waals surface area contributed by atoms with Gasteiger partial charge < -0.3 is 9.47 Å². The summed E-state index contributed by atoms with van der Waals surface area (Å²) in [6.07, 6.45) is 5.93. The van der Waals surface area contributed by atoms with Gasteiger partial charge in [-0.15, -0.1) is 0 Å². The molecule has 0 bridgehead atoms. The van der Waals surface area contributed by atoms with Crippen molar-refractivity contribution < 1.29 is 13.9 Å². The molecule has 1 aromatic carbocycles. The summed E-state index contributed by atoms with van der Waals surface area (Å²) in [5, 5.41) is 0. The number of methoxy groups -OCH3 is 1. The van der Waals surface area contributed by atoms with E-state index in [1.165, 1.54) is 18.2 Å². The van der Waals surface area contributed by atoms with Gasteiger partial charge in [0.25, 0.3) is 5.56 Å². The van der Waals surface area contributed by atoms with E-state index in [2.05, 4.69) is 0 Å². The standard InChI is InChI=1S/C24H22FN3O3/c1-30-15-21-24(17-4-5-17)26-22-9-8-19(13-28(21)22)27-11-10-20(12-23(27)29)31-14-16-2-6-18(25)7-3-16/h2-3,6-13,17H,4-5,14-15H2,1H3. The second-order valence-corrected chi connectivity index (χ2v) is 7.75. The van der Waals surface area contributed by atoms with Gasteiger partial charge in [-0.05, 0) is 48.7 Å². The monoisotopic (exact) mass is 419 g/mol. The molecule has 0 amide bonds. The fraction of sp³-hybridized carbons (Fsp3) is 0.250. The minimum atomic E-state index is -0.292. The molecule has 4 aromatic rings. The van der Waals surface area contributed by atoms with E-state index in [-0.39, 0.29) is 18.0 Å². The van der Waals surface area contributed by atoms with Crippen molar-refractivity contribution in [3.8, 4) is 11.4 Å².